The SMILES string of the molecule is COC(=O)CN[C@@H](c1ccccc1)c1ccc(Cl)cc1CC(=O)c1ccc(Cl)cc1. The van der Waals surface area contributed by atoms with Gasteiger partial charge >= 0.3 is 5.97 Å². The summed E-state index contributed by atoms with van der Waals surface area (Å²) in [6.45, 7) is 0.0310. The number of nitrogens with one attached hydrogen (secondary N) is 1. The minimum Gasteiger partial charge on any atom is -0.468 e. The van der Waals surface area contributed by atoms with E-state index in [1.807, 2.05) is 36.4 Å². The Kier molecular flexibility index (Phi) is 7.63. The fourth-order valence-electron chi connectivity index (χ4n) is 3.23. The first-order chi connectivity index (χ1) is 14.5. The third-order valence-corrected chi connectivity index (χ3v) is 5.23. The molecule has 4 nitrogen and oxygen atoms in total. The van der Waals surface area contributed by atoms with Crippen LogP contribution in [0.3, 0.4) is 0 Å². The van der Waals surface area contributed by atoms with Crippen LogP contribution in [-0.2, 0) is 16.0 Å². The highest BCUT2D eigenvalue weighted by Gasteiger charge is 2.20. The standard InChI is InChI=1S/C24H21Cl2NO3/c1-30-23(29)15-27-24(17-5-3-2-4-6-17)21-12-11-20(26)13-18(21)14-22(28)16-7-9-19(25)10-8-16/h2-13,24,27H,14-15H2,1H3/t24-/m0/s1. The molecule has 0 fully saturated rings. The van der Waals surface area contributed by atoms with Gasteiger partial charge < -0.3 is 4.74 Å². The summed E-state index contributed by atoms with van der Waals surface area (Å²) in [6, 6.07) is 21.7. The molecule has 0 aliphatic carbocycles. The maximum absolute atomic E-state index is 12.9. The van der Waals surface area contributed by atoms with Crippen molar-refractivity contribution in [2.24, 2.45) is 0 Å². The molecule has 3 aromatic carbocycles. The Balaban J connectivity index is 1.96. The molecule has 0 aliphatic rings. The van der Waals surface area contributed by atoms with Crippen LogP contribution in [0.15, 0.2) is 72.8 Å². The number of methoxy groups -OCH3 is 1. The van der Waals surface area contributed by atoms with E-state index in [9.17, 15) is 9.59 Å². The van der Waals surface area contributed by atoms with Crippen molar-refractivity contribution in [2.75, 3.05) is 13.7 Å². The van der Waals surface area contributed by atoms with Gasteiger partial charge in [-0.15, -0.1) is 0 Å². The first kappa shape index (κ1) is 22.0. The molecule has 3 aromatic rings. The van der Waals surface area contributed by atoms with Gasteiger partial charge in [-0.05, 0) is 53.1 Å². The molecule has 3 rings (SSSR count). The van der Waals surface area contributed by atoms with Crippen LogP contribution in [0.25, 0.3) is 0 Å². The van der Waals surface area contributed by atoms with Gasteiger partial charge in [0.05, 0.1) is 19.7 Å². The zero-order valence-electron chi connectivity index (χ0n) is 16.4. The number of halogens is 2. The number of carbonyl (C=O) groups excluding carboxylic acids is 2. The van der Waals surface area contributed by atoms with Crippen LogP contribution >= 0.6 is 23.2 Å². The minimum absolute atomic E-state index is 0.0310. The van der Waals surface area contributed by atoms with Crippen molar-refractivity contribution in [3.05, 3.63) is 105 Å². The average molecular weight is 442 g/mol. The first-order valence-corrected chi connectivity index (χ1v) is 10.2. The molecule has 1 atom stereocenters. The summed E-state index contributed by atoms with van der Waals surface area (Å²) < 4.78 is 4.77. The van der Waals surface area contributed by atoms with E-state index >= 15 is 0 Å². The maximum Gasteiger partial charge on any atom is 0.319 e. The van der Waals surface area contributed by atoms with Gasteiger partial charge in [0.2, 0.25) is 0 Å². The fraction of sp³-hybridized carbons (Fsp3) is 0.167. The van der Waals surface area contributed by atoms with E-state index in [1.165, 1.54) is 7.11 Å². The molecule has 6 heteroatoms. The summed E-state index contributed by atoms with van der Waals surface area (Å²) >= 11 is 12.2. The number of rotatable bonds is 8. The van der Waals surface area contributed by atoms with Crippen molar-refractivity contribution in [1.29, 1.82) is 0 Å². The van der Waals surface area contributed by atoms with Gasteiger partial charge in [-0.1, -0.05) is 59.6 Å². The molecule has 0 radical (unpaired) electrons. The summed E-state index contributed by atoms with van der Waals surface area (Å²) in [4.78, 5) is 24.6. The quantitative estimate of drug-likeness (QED) is 0.382. The summed E-state index contributed by atoms with van der Waals surface area (Å²) in [6.07, 6.45) is 0.167. The van der Waals surface area contributed by atoms with Gasteiger partial charge in [0.15, 0.2) is 5.78 Å². The van der Waals surface area contributed by atoms with Gasteiger partial charge in [-0.25, -0.2) is 0 Å². The molecule has 0 amide bonds. The van der Waals surface area contributed by atoms with Gasteiger partial charge in [0.25, 0.3) is 0 Å². The number of ketones is 1. The minimum atomic E-state index is -0.372. The van der Waals surface area contributed by atoms with E-state index in [-0.39, 0.29) is 30.8 Å². The normalized spacial score (nSPS) is 11.7. The zero-order valence-corrected chi connectivity index (χ0v) is 17.9. The second kappa shape index (κ2) is 10.4. The third kappa shape index (κ3) is 5.70. The second-order valence-corrected chi connectivity index (χ2v) is 7.62. The second-order valence-electron chi connectivity index (χ2n) is 6.75. The van der Waals surface area contributed by atoms with Crippen molar-refractivity contribution in [2.45, 2.75) is 12.5 Å². The van der Waals surface area contributed by atoms with Crippen molar-refractivity contribution >= 4 is 35.0 Å². The van der Waals surface area contributed by atoms with Gasteiger partial charge in [-0.2, -0.15) is 0 Å². The highest BCUT2D eigenvalue weighted by atomic mass is 35.5. The molecular weight excluding hydrogens is 421 g/mol. The third-order valence-electron chi connectivity index (χ3n) is 4.74. The van der Waals surface area contributed by atoms with Gasteiger partial charge in [0.1, 0.15) is 0 Å². The van der Waals surface area contributed by atoms with Crippen molar-refractivity contribution < 1.29 is 14.3 Å². The van der Waals surface area contributed by atoms with E-state index in [4.69, 9.17) is 27.9 Å². The lowest BCUT2D eigenvalue weighted by molar-refractivity contribution is -0.139. The Morgan fingerprint density at radius 1 is 0.933 bits per heavy atom. The van der Waals surface area contributed by atoms with Crippen LogP contribution in [-0.4, -0.2) is 25.4 Å². The number of benzene rings is 3. The number of ether oxygens (including phenoxy) is 1. The van der Waals surface area contributed by atoms with Gasteiger partial charge in [-0.3, -0.25) is 14.9 Å². The number of hydrogen-bond acceptors (Lipinski definition) is 4. The van der Waals surface area contributed by atoms with Crippen LogP contribution in [0, 0.1) is 0 Å². The monoisotopic (exact) mass is 441 g/mol. The maximum atomic E-state index is 12.9. The molecule has 0 saturated carbocycles. The van der Waals surface area contributed by atoms with E-state index < -0.39 is 0 Å². The van der Waals surface area contributed by atoms with E-state index in [0.717, 1.165) is 16.7 Å². The molecule has 1 N–H and O–H groups in total. The topological polar surface area (TPSA) is 55.4 Å². The van der Waals surface area contributed by atoms with Gasteiger partial charge in [0, 0.05) is 22.0 Å². The molecule has 30 heavy (non-hydrogen) atoms. The number of carbonyl (C=O) groups is 2. The van der Waals surface area contributed by atoms with Crippen molar-refractivity contribution in [1.82, 2.24) is 5.32 Å². The molecule has 0 spiro atoms. The number of hydrogen-bond donors (Lipinski definition) is 1. The zero-order chi connectivity index (χ0) is 21.5. The first-order valence-electron chi connectivity index (χ1n) is 9.40. The lowest BCUT2D eigenvalue weighted by Crippen LogP contribution is -2.30. The van der Waals surface area contributed by atoms with E-state index in [0.29, 0.717) is 15.6 Å². The van der Waals surface area contributed by atoms with E-state index in [2.05, 4.69) is 5.32 Å². The molecule has 0 aromatic heterocycles. The highest BCUT2D eigenvalue weighted by molar-refractivity contribution is 6.31. The summed E-state index contributed by atoms with van der Waals surface area (Å²) in [5, 5.41) is 4.35. The Labute approximate surface area is 185 Å². The summed E-state index contributed by atoms with van der Waals surface area (Å²) in [5.74, 6) is -0.418. The predicted octanol–water partition coefficient (Wildman–Crippen LogP) is 5.27. The lowest BCUT2D eigenvalue weighted by atomic mass is 9.91. The Bertz CT molecular complexity index is 1020. The molecular formula is C24H21Cl2NO3. The van der Waals surface area contributed by atoms with Crippen LogP contribution in [0.5, 0.6) is 0 Å². The molecule has 154 valence electrons. The van der Waals surface area contributed by atoms with Crippen LogP contribution < -0.4 is 5.32 Å². The smallest absolute Gasteiger partial charge is 0.319 e. The summed E-state index contributed by atoms with van der Waals surface area (Å²) in [5.41, 5.74) is 3.19. The van der Waals surface area contributed by atoms with Crippen molar-refractivity contribution in [3.8, 4) is 0 Å². The van der Waals surface area contributed by atoms with Crippen LogP contribution in [0.1, 0.15) is 33.1 Å². The average Bonchev–Trinajstić information content (AvgIpc) is 2.76. The molecule has 0 bridgehead atoms. The Morgan fingerprint density at radius 3 is 2.27 bits per heavy atom. The fourth-order valence-corrected chi connectivity index (χ4v) is 3.55. The number of esters is 1. The lowest BCUT2D eigenvalue weighted by Gasteiger charge is -2.22. The van der Waals surface area contributed by atoms with Crippen LogP contribution in [0.2, 0.25) is 10.0 Å². The molecule has 0 saturated heterocycles. The largest absolute Gasteiger partial charge is 0.468 e. The predicted molar refractivity (Wildman–Crippen MR) is 119 cm³/mol. The highest BCUT2D eigenvalue weighted by Crippen LogP contribution is 2.28. The number of Topliss-reactive ketones (excluding diaryl/α,β-unsaturated/α-hetero) is 1. The Hall–Kier alpha value is -2.66. The molecule has 0 heterocycles. The molecule has 0 unspecified atom stereocenters. The van der Waals surface area contributed by atoms with E-state index in [1.54, 1.807) is 36.4 Å². The van der Waals surface area contributed by atoms with Crippen molar-refractivity contribution in [3.63, 3.8) is 0 Å². The summed E-state index contributed by atoms with van der Waals surface area (Å²) in [7, 11) is 1.35. The Morgan fingerprint density at radius 2 is 1.60 bits per heavy atom. The van der Waals surface area contributed by atoms with Crippen LogP contribution in [0.4, 0.5) is 0 Å². The molecule has 0 aliphatic heterocycles.